The van der Waals surface area contributed by atoms with Crippen molar-refractivity contribution in [1.82, 2.24) is 4.90 Å². The molecule has 2 heteroatoms. The molecule has 132 valence electrons. The second kappa shape index (κ2) is 17.0. The van der Waals surface area contributed by atoms with E-state index in [4.69, 9.17) is 0 Å². The number of allylic oxidation sites excluding steroid dienone is 1. The maximum absolute atomic E-state index is 9.22. The van der Waals surface area contributed by atoms with Gasteiger partial charge < -0.3 is 10.0 Å². The van der Waals surface area contributed by atoms with E-state index in [1.165, 1.54) is 77.0 Å². The second-order valence-corrected chi connectivity index (χ2v) is 6.83. The van der Waals surface area contributed by atoms with Crippen LogP contribution >= 0.6 is 0 Å². The first kappa shape index (κ1) is 21.7. The van der Waals surface area contributed by atoms with Crippen LogP contribution in [0.4, 0.5) is 0 Å². The summed E-state index contributed by atoms with van der Waals surface area (Å²) < 4.78 is 0. The summed E-state index contributed by atoms with van der Waals surface area (Å²) in [6.45, 7) is 2.53. The summed E-state index contributed by atoms with van der Waals surface area (Å²) in [6.07, 6.45) is 22.2. The Morgan fingerprint density at radius 3 is 1.73 bits per heavy atom. The minimum atomic E-state index is 0.246. The molecular formula is C20H41NO. The highest BCUT2D eigenvalue weighted by Gasteiger charge is 2.06. The topological polar surface area (TPSA) is 23.5 Å². The van der Waals surface area contributed by atoms with Crippen LogP contribution in [-0.2, 0) is 0 Å². The molecule has 2 nitrogen and oxygen atoms in total. The van der Waals surface area contributed by atoms with Crippen molar-refractivity contribution in [2.75, 3.05) is 20.7 Å². The van der Waals surface area contributed by atoms with Crippen molar-refractivity contribution in [2.45, 2.75) is 96.4 Å². The number of unbranched alkanes of at least 4 members (excludes halogenated alkanes) is 11. The molecule has 0 fully saturated rings. The molecule has 1 N–H and O–H groups in total. The zero-order valence-electron chi connectivity index (χ0n) is 15.5. The maximum Gasteiger partial charge on any atom is 0.0589 e. The van der Waals surface area contributed by atoms with Crippen LogP contribution in [0.25, 0.3) is 0 Å². The molecule has 0 saturated carbocycles. The van der Waals surface area contributed by atoms with Crippen molar-refractivity contribution < 1.29 is 5.11 Å². The normalized spacial score (nSPS) is 13.3. The lowest BCUT2D eigenvalue weighted by atomic mass is 10.1. The van der Waals surface area contributed by atoms with Gasteiger partial charge >= 0.3 is 0 Å². The van der Waals surface area contributed by atoms with Gasteiger partial charge in [0.25, 0.3) is 0 Å². The summed E-state index contributed by atoms with van der Waals surface area (Å²) >= 11 is 0. The minimum Gasteiger partial charge on any atom is -0.395 e. The lowest BCUT2D eigenvalue weighted by Crippen LogP contribution is -2.30. The summed E-state index contributed by atoms with van der Waals surface area (Å²) in [6, 6.07) is 0.272. The van der Waals surface area contributed by atoms with E-state index in [1.54, 1.807) is 0 Å². The molecule has 0 radical (unpaired) electrons. The van der Waals surface area contributed by atoms with Gasteiger partial charge in [-0.25, -0.2) is 0 Å². The van der Waals surface area contributed by atoms with Crippen molar-refractivity contribution in [3.8, 4) is 0 Å². The van der Waals surface area contributed by atoms with Crippen molar-refractivity contribution in [1.29, 1.82) is 0 Å². The summed E-state index contributed by atoms with van der Waals surface area (Å²) in [5.41, 5.74) is 0. The molecule has 0 aliphatic heterocycles. The van der Waals surface area contributed by atoms with Gasteiger partial charge in [-0.05, 0) is 33.4 Å². The van der Waals surface area contributed by atoms with E-state index >= 15 is 0 Å². The van der Waals surface area contributed by atoms with Crippen LogP contribution in [0.3, 0.4) is 0 Å². The number of aliphatic hydroxyl groups excluding tert-OH is 1. The minimum absolute atomic E-state index is 0.246. The quantitative estimate of drug-likeness (QED) is 0.298. The second-order valence-electron chi connectivity index (χ2n) is 6.83. The van der Waals surface area contributed by atoms with Crippen LogP contribution in [0.1, 0.15) is 90.4 Å². The molecule has 0 amide bonds. The monoisotopic (exact) mass is 311 g/mol. The Balaban J connectivity index is 3.23. The molecule has 1 atom stereocenters. The Morgan fingerprint density at radius 1 is 0.773 bits per heavy atom. The number of aliphatic hydroxyl groups is 1. The van der Waals surface area contributed by atoms with Gasteiger partial charge in [0.15, 0.2) is 0 Å². The molecule has 0 rings (SSSR count). The van der Waals surface area contributed by atoms with Crippen LogP contribution in [0.15, 0.2) is 12.2 Å². The third kappa shape index (κ3) is 14.6. The Bertz CT molecular complexity index is 238. The van der Waals surface area contributed by atoms with Crippen LogP contribution in [0, 0.1) is 0 Å². The molecule has 0 heterocycles. The fourth-order valence-electron chi connectivity index (χ4n) is 2.75. The van der Waals surface area contributed by atoms with E-state index in [0.717, 1.165) is 6.42 Å². The van der Waals surface area contributed by atoms with Crippen LogP contribution in [0.2, 0.25) is 0 Å². The predicted molar refractivity (Wildman–Crippen MR) is 99.4 cm³/mol. The zero-order valence-corrected chi connectivity index (χ0v) is 15.5. The number of rotatable bonds is 16. The standard InChI is InChI=1S/C20H41NO/c1-4-5-6-7-8-9-10-11-12-13-14-15-16-17-18-20(19-22)21(2)3/h16-17,20,22H,4-15,18-19H2,1-3H3/b17-16+/t20-/m1/s1. The number of nitrogens with zero attached hydrogens (tertiary/aromatic N) is 1. The van der Waals surface area contributed by atoms with E-state index in [2.05, 4.69) is 24.0 Å². The third-order valence-corrected chi connectivity index (χ3v) is 4.49. The average Bonchev–Trinajstić information content (AvgIpc) is 2.51. The smallest absolute Gasteiger partial charge is 0.0589 e. The number of hydrogen-bond acceptors (Lipinski definition) is 2. The first-order chi connectivity index (χ1) is 10.7. The molecular weight excluding hydrogens is 270 g/mol. The summed E-state index contributed by atoms with van der Waals surface area (Å²) in [5, 5.41) is 9.22. The van der Waals surface area contributed by atoms with Crippen molar-refractivity contribution in [3.63, 3.8) is 0 Å². The van der Waals surface area contributed by atoms with Gasteiger partial charge in [0.2, 0.25) is 0 Å². The van der Waals surface area contributed by atoms with Gasteiger partial charge in [-0.1, -0.05) is 83.3 Å². The summed E-state index contributed by atoms with van der Waals surface area (Å²) in [7, 11) is 4.05. The third-order valence-electron chi connectivity index (χ3n) is 4.49. The SMILES string of the molecule is CCCCCCCCCCCCC/C=C/C[C@H](CO)N(C)C. The van der Waals surface area contributed by atoms with Crippen LogP contribution in [-0.4, -0.2) is 36.8 Å². The molecule has 0 saturated heterocycles. The van der Waals surface area contributed by atoms with E-state index < -0.39 is 0 Å². The van der Waals surface area contributed by atoms with Gasteiger partial charge in [0, 0.05) is 6.04 Å². The highest BCUT2D eigenvalue weighted by Crippen LogP contribution is 2.12. The number of likely N-dealkylation sites (N-methyl/N-ethyl adjacent to an activating group) is 1. The van der Waals surface area contributed by atoms with Gasteiger partial charge in [-0.2, -0.15) is 0 Å². The molecule has 0 aromatic carbocycles. The van der Waals surface area contributed by atoms with Crippen molar-refractivity contribution in [3.05, 3.63) is 12.2 Å². The van der Waals surface area contributed by atoms with E-state index in [0.29, 0.717) is 0 Å². The van der Waals surface area contributed by atoms with Crippen molar-refractivity contribution >= 4 is 0 Å². The van der Waals surface area contributed by atoms with E-state index in [-0.39, 0.29) is 12.6 Å². The Kier molecular flexibility index (Phi) is 16.8. The molecule has 0 aliphatic carbocycles. The van der Waals surface area contributed by atoms with Crippen LogP contribution in [0.5, 0.6) is 0 Å². The first-order valence-corrected chi connectivity index (χ1v) is 9.64. The van der Waals surface area contributed by atoms with Gasteiger partial charge in [-0.3, -0.25) is 0 Å². The fourth-order valence-corrected chi connectivity index (χ4v) is 2.75. The molecule has 0 aliphatic rings. The molecule has 0 bridgehead atoms. The average molecular weight is 312 g/mol. The molecule has 0 aromatic heterocycles. The maximum atomic E-state index is 9.22. The largest absolute Gasteiger partial charge is 0.395 e. The van der Waals surface area contributed by atoms with Gasteiger partial charge in [0.1, 0.15) is 0 Å². The highest BCUT2D eigenvalue weighted by molar-refractivity contribution is 4.86. The summed E-state index contributed by atoms with van der Waals surface area (Å²) in [5.74, 6) is 0. The Hall–Kier alpha value is -0.340. The van der Waals surface area contributed by atoms with Crippen molar-refractivity contribution in [2.24, 2.45) is 0 Å². The molecule has 0 aromatic rings. The molecule has 0 spiro atoms. The number of hydrogen-bond donors (Lipinski definition) is 1. The Labute approximate surface area is 140 Å². The fraction of sp³-hybridized carbons (Fsp3) is 0.900. The Morgan fingerprint density at radius 2 is 1.27 bits per heavy atom. The lowest BCUT2D eigenvalue weighted by molar-refractivity contribution is 0.171. The molecule has 22 heavy (non-hydrogen) atoms. The summed E-state index contributed by atoms with van der Waals surface area (Å²) in [4.78, 5) is 2.09. The van der Waals surface area contributed by atoms with Crippen LogP contribution < -0.4 is 0 Å². The van der Waals surface area contributed by atoms with Gasteiger partial charge in [0.05, 0.1) is 6.61 Å². The zero-order chi connectivity index (χ0) is 16.5. The van der Waals surface area contributed by atoms with E-state index in [9.17, 15) is 5.11 Å². The highest BCUT2D eigenvalue weighted by atomic mass is 16.3. The lowest BCUT2D eigenvalue weighted by Gasteiger charge is -2.20. The molecule has 0 unspecified atom stereocenters. The first-order valence-electron chi connectivity index (χ1n) is 9.64. The van der Waals surface area contributed by atoms with E-state index in [1.807, 2.05) is 14.1 Å². The van der Waals surface area contributed by atoms with Gasteiger partial charge in [-0.15, -0.1) is 0 Å². The predicted octanol–water partition coefficient (Wildman–Crippen LogP) is 5.56.